The van der Waals surface area contributed by atoms with E-state index in [0.717, 1.165) is 27.9 Å². The average Bonchev–Trinajstić information content (AvgIpc) is 3.53. The third-order valence-corrected chi connectivity index (χ3v) is 8.09. The fourth-order valence-corrected chi connectivity index (χ4v) is 6.10. The minimum atomic E-state index is -3.76. The second-order valence-corrected chi connectivity index (χ2v) is 10.3. The molecular weight excluding hydrogens is 454 g/mol. The Balaban J connectivity index is 1.51. The van der Waals surface area contributed by atoms with E-state index >= 15 is 0 Å². The van der Waals surface area contributed by atoms with Crippen molar-refractivity contribution in [2.75, 3.05) is 5.01 Å². The third-order valence-electron chi connectivity index (χ3n) is 6.40. The summed E-state index contributed by atoms with van der Waals surface area (Å²) in [6.07, 6.45) is 2.39. The Kier molecular flexibility index (Phi) is 5.23. The van der Waals surface area contributed by atoms with Crippen LogP contribution in [0.2, 0.25) is 0 Å². The highest BCUT2D eigenvalue weighted by molar-refractivity contribution is 7.90. The van der Waals surface area contributed by atoms with Crippen molar-refractivity contribution in [3.63, 3.8) is 0 Å². The second kappa shape index (κ2) is 8.56. The molecule has 0 N–H and O–H groups in total. The lowest BCUT2D eigenvalue weighted by molar-refractivity contribution is 0.589. The Bertz CT molecular complexity index is 1630. The van der Waals surface area contributed by atoms with E-state index in [-0.39, 0.29) is 10.9 Å². The van der Waals surface area contributed by atoms with Crippen LogP contribution in [0.15, 0.2) is 131 Å². The summed E-state index contributed by atoms with van der Waals surface area (Å²) in [4.78, 5) is 0.258. The monoisotopic (exact) mass is 477 g/mol. The first-order chi connectivity index (χ1) is 17.1. The number of hydrogen-bond acceptors (Lipinski definition) is 4. The van der Waals surface area contributed by atoms with Gasteiger partial charge < -0.3 is 0 Å². The molecule has 6 heteroatoms. The van der Waals surface area contributed by atoms with Crippen molar-refractivity contribution in [1.29, 1.82) is 0 Å². The van der Waals surface area contributed by atoms with Gasteiger partial charge in [-0.05, 0) is 35.9 Å². The topological polar surface area (TPSA) is 54.7 Å². The number of benzene rings is 4. The van der Waals surface area contributed by atoms with Crippen LogP contribution in [0.5, 0.6) is 0 Å². The quantitative estimate of drug-likeness (QED) is 0.301. The summed E-state index contributed by atoms with van der Waals surface area (Å²) in [6, 6.07) is 36.6. The van der Waals surface area contributed by atoms with Crippen LogP contribution in [-0.2, 0) is 10.0 Å². The Morgan fingerprint density at radius 2 is 1.31 bits per heavy atom. The van der Waals surface area contributed by atoms with Gasteiger partial charge in [0.15, 0.2) is 0 Å². The fraction of sp³-hybridized carbons (Fsp3) is 0.0690. The predicted octanol–water partition coefficient (Wildman–Crippen LogP) is 6.23. The zero-order valence-corrected chi connectivity index (χ0v) is 19.7. The van der Waals surface area contributed by atoms with E-state index in [1.807, 2.05) is 83.9 Å². The molecule has 1 aliphatic rings. The Labute approximate surface area is 204 Å². The van der Waals surface area contributed by atoms with Gasteiger partial charge in [-0.1, -0.05) is 84.9 Å². The lowest BCUT2D eigenvalue weighted by Crippen LogP contribution is -2.18. The van der Waals surface area contributed by atoms with Crippen LogP contribution in [0.3, 0.4) is 0 Å². The van der Waals surface area contributed by atoms with Crippen molar-refractivity contribution in [2.24, 2.45) is 5.10 Å². The van der Waals surface area contributed by atoms with Gasteiger partial charge in [0, 0.05) is 23.6 Å². The molecule has 5 aromatic rings. The van der Waals surface area contributed by atoms with Crippen molar-refractivity contribution in [3.05, 3.63) is 133 Å². The first-order valence-corrected chi connectivity index (χ1v) is 12.9. The molecular formula is C29H23N3O2S. The molecule has 35 heavy (non-hydrogen) atoms. The molecule has 6 rings (SSSR count). The van der Waals surface area contributed by atoms with E-state index in [1.165, 1.54) is 3.97 Å². The number of hydrogen-bond donors (Lipinski definition) is 0. The van der Waals surface area contributed by atoms with Gasteiger partial charge in [-0.25, -0.2) is 12.4 Å². The van der Waals surface area contributed by atoms with Gasteiger partial charge in [0.1, 0.15) is 0 Å². The molecule has 0 bridgehead atoms. The molecule has 172 valence electrons. The van der Waals surface area contributed by atoms with E-state index in [4.69, 9.17) is 5.10 Å². The number of aromatic nitrogens is 1. The highest BCUT2D eigenvalue weighted by atomic mass is 32.2. The molecule has 0 fully saturated rings. The van der Waals surface area contributed by atoms with Crippen LogP contribution in [0.25, 0.3) is 10.9 Å². The van der Waals surface area contributed by atoms with E-state index in [1.54, 1.807) is 30.5 Å². The second-order valence-electron chi connectivity index (χ2n) is 8.53. The van der Waals surface area contributed by atoms with Crippen molar-refractivity contribution in [2.45, 2.75) is 17.4 Å². The van der Waals surface area contributed by atoms with Gasteiger partial charge in [-0.15, -0.1) is 0 Å². The number of hydrazone groups is 1. The summed E-state index contributed by atoms with van der Waals surface area (Å²) in [6.45, 7) is 0. The highest BCUT2D eigenvalue weighted by Gasteiger charge is 2.32. The first kappa shape index (κ1) is 21.4. The maximum Gasteiger partial charge on any atom is 0.268 e. The predicted molar refractivity (Wildman–Crippen MR) is 140 cm³/mol. The Hall–Kier alpha value is -4.16. The van der Waals surface area contributed by atoms with E-state index in [9.17, 15) is 8.42 Å². The molecule has 1 unspecified atom stereocenters. The summed E-state index contributed by atoms with van der Waals surface area (Å²) < 4.78 is 28.5. The average molecular weight is 478 g/mol. The molecule has 1 aromatic heterocycles. The normalized spacial score (nSPS) is 15.9. The van der Waals surface area contributed by atoms with Gasteiger partial charge in [0.05, 0.1) is 27.9 Å². The van der Waals surface area contributed by atoms with Gasteiger partial charge >= 0.3 is 0 Å². The molecule has 1 aliphatic heterocycles. The summed E-state index contributed by atoms with van der Waals surface area (Å²) in [5.41, 5.74) is 4.50. The van der Waals surface area contributed by atoms with Crippen LogP contribution < -0.4 is 5.01 Å². The zero-order chi connectivity index (χ0) is 23.8. The molecule has 0 aliphatic carbocycles. The highest BCUT2D eigenvalue weighted by Crippen LogP contribution is 2.38. The van der Waals surface area contributed by atoms with Crippen LogP contribution >= 0.6 is 0 Å². The maximum absolute atomic E-state index is 13.6. The van der Waals surface area contributed by atoms with E-state index in [0.29, 0.717) is 11.9 Å². The minimum absolute atomic E-state index is 0.0152. The van der Waals surface area contributed by atoms with Gasteiger partial charge in [0.25, 0.3) is 10.0 Å². The van der Waals surface area contributed by atoms with Crippen molar-refractivity contribution in [3.8, 4) is 0 Å². The Morgan fingerprint density at radius 1 is 0.714 bits per heavy atom. The van der Waals surface area contributed by atoms with Crippen molar-refractivity contribution in [1.82, 2.24) is 3.97 Å². The molecule has 1 atom stereocenters. The molecule has 2 heterocycles. The summed E-state index contributed by atoms with van der Waals surface area (Å²) in [7, 11) is -3.76. The molecule has 0 saturated heterocycles. The molecule has 4 aromatic carbocycles. The van der Waals surface area contributed by atoms with Crippen molar-refractivity contribution < 1.29 is 8.42 Å². The SMILES string of the molecule is O=S(=O)(c1ccccc1)n1cc(C2=NN(c3ccccc3)C(c3ccccc3)C2)c2ccccc21. The molecule has 5 nitrogen and oxygen atoms in total. The third kappa shape index (κ3) is 3.72. The molecule has 0 spiro atoms. The standard InChI is InChI=1S/C29H23N3O2S/c33-35(34,24-16-8-3-9-17-24)31-21-26(25-18-10-11-19-28(25)31)27-20-29(22-12-4-1-5-13-22)32(30-27)23-14-6-2-7-15-23/h1-19,21,29H,20H2. The van der Waals surface area contributed by atoms with Gasteiger partial charge in [0.2, 0.25) is 0 Å². The van der Waals surface area contributed by atoms with Crippen LogP contribution in [0, 0.1) is 0 Å². The lowest BCUT2D eigenvalue weighted by Gasteiger charge is -2.23. The zero-order valence-electron chi connectivity index (χ0n) is 18.9. The number of anilines is 1. The number of fused-ring (bicyclic) bond motifs is 1. The number of para-hydroxylation sites is 2. The van der Waals surface area contributed by atoms with Crippen LogP contribution in [-0.4, -0.2) is 18.1 Å². The van der Waals surface area contributed by atoms with Crippen molar-refractivity contribution >= 4 is 32.3 Å². The van der Waals surface area contributed by atoms with E-state index in [2.05, 4.69) is 12.1 Å². The lowest BCUT2D eigenvalue weighted by atomic mass is 9.98. The summed E-state index contributed by atoms with van der Waals surface area (Å²) >= 11 is 0. The molecule has 0 radical (unpaired) electrons. The van der Waals surface area contributed by atoms with Crippen LogP contribution in [0.1, 0.15) is 23.6 Å². The molecule has 0 amide bonds. The molecule has 0 saturated carbocycles. The van der Waals surface area contributed by atoms with E-state index < -0.39 is 10.0 Å². The minimum Gasteiger partial charge on any atom is -0.257 e. The van der Waals surface area contributed by atoms with Gasteiger partial charge in [-0.2, -0.15) is 5.10 Å². The summed E-state index contributed by atoms with van der Waals surface area (Å²) in [5, 5.41) is 7.96. The summed E-state index contributed by atoms with van der Waals surface area (Å²) in [5.74, 6) is 0. The largest absolute Gasteiger partial charge is 0.268 e. The number of rotatable bonds is 5. The maximum atomic E-state index is 13.6. The first-order valence-electron chi connectivity index (χ1n) is 11.5. The smallest absolute Gasteiger partial charge is 0.257 e. The van der Waals surface area contributed by atoms with Crippen LogP contribution in [0.4, 0.5) is 5.69 Å². The Morgan fingerprint density at radius 3 is 2.03 bits per heavy atom. The van der Waals surface area contributed by atoms with Gasteiger partial charge in [-0.3, -0.25) is 5.01 Å². The fourth-order valence-electron chi connectivity index (χ4n) is 4.71. The number of nitrogens with zero attached hydrogens (tertiary/aromatic N) is 3.